The Morgan fingerprint density at radius 1 is 1.24 bits per heavy atom. The summed E-state index contributed by atoms with van der Waals surface area (Å²) >= 11 is 0. The molecule has 0 bridgehead atoms. The van der Waals surface area contributed by atoms with Crippen molar-refractivity contribution in [2.75, 3.05) is 18.1 Å². The van der Waals surface area contributed by atoms with E-state index in [4.69, 9.17) is 4.74 Å². The molecule has 0 unspecified atom stereocenters. The summed E-state index contributed by atoms with van der Waals surface area (Å²) in [6, 6.07) is 5.77. The van der Waals surface area contributed by atoms with Crippen LogP contribution in [0.5, 0.6) is 0 Å². The Labute approximate surface area is 169 Å². The van der Waals surface area contributed by atoms with E-state index in [0.29, 0.717) is 12.1 Å². The molecule has 1 aromatic carbocycles. The first-order valence-electron chi connectivity index (χ1n) is 9.18. The molecule has 9 nitrogen and oxygen atoms in total. The van der Waals surface area contributed by atoms with Gasteiger partial charge in [-0.05, 0) is 45.7 Å². The van der Waals surface area contributed by atoms with Gasteiger partial charge in [0.1, 0.15) is 0 Å². The van der Waals surface area contributed by atoms with E-state index in [1.165, 1.54) is 4.80 Å². The molecule has 1 N–H and O–H groups in total. The van der Waals surface area contributed by atoms with Crippen LogP contribution < -0.4 is 5.32 Å². The number of nitrogens with zero attached hydrogens (tertiary/aromatic N) is 3. The number of carbonyl (C=O) groups excluding carboxylic acids is 2. The van der Waals surface area contributed by atoms with Gasteiger partial charge in [-0.25, -0.2) is 13.2 Å². The van der Waals surface area contributed by atoms with Crippen molar-refractivity contribution < 1.29 is 22.7 Å². The highest BCUT2D eigenvalue weighted by Crippen LogP contribution is 2.22. The summed E-state index contributed by atoms with van der Waals surface area (Å²) in [4.78, 5) is 25.8. The molecule has 2 heterocycles. The van der Waals surface area contributed by atoms with Gasteiger partial charge in [0.15, 0.2) is 22.1 Å². The lowest BCUT2D eigenvalue weighted by atomic mass is 10.0. The Morgan fingerprint density at radius 2 is 1.97 bits per heavy atom. The largest absolute Gasteiger partial charge is 0.451 e. The number of hydrogen-bond acceptors (Lipinski definition) is 7. The summed E-state index contributed by atoms with van der Waals surface area (Å²) in [5, 5.41) is 11.1. The van der Waals surface area contributed by atoms with E-state index < -0.39 is 33.9 Å². The fraction of sp³-hybridized carbons (Fsp3) is 0.474. The second-order valence-corrected chi connectivity index (χ2v) is 9.92. The van der Waals surface area contributed by atoms with E-state index in [9.17, 15) is 18.0 Å². The van der Waals surface area contributed by atoms with Gasteiger partial charge < -0.3 is 10.1 Å². The number of carbonyl (C=O) groups is 2. The Kier molecular flexibility index (Phi) is 5.48. The molecule has 0 aliphatic carbocycles. The van der Waals surface area contributed by atoms with E-state index in [0.717, 1.165) is 16.8 Å². The number of aromatic nitrogens is 3. The molecule has 156 valence electrons. The highest BCUT2D eigenvalue weighted by molar-refractivity contribution is 7.91. The zero-order valence-corrected chi connectivity index (χ0v) is 17.7. The van der Waals surface area contributed by atoms with Gasteiger partial charge in [-0.15, -0.1) is 5.10 Å². The Hall–Kier alpha value is -2.75. The van der Waals surface area contributed by atoms with E-state index in [2.05, 4.69) is 15.5 Å². The number of amides is 1. The minimum Gasteiger partial charge on any atom is -0.451 e. The van der Waals surface area contributed by atoms with Crippen LogP contribution in [0, 0.1) is 20.8 Å². The number of aryl methyl sites for hydroxylation is 3. The molecule has 1 amide bonds. The van der Waals surface area contributed by atoms with Gasteiger partial charge in [0.25, 0.3) is 5.91 Å². The third-order valence-corrected chi connectivity index (χ3v) is 6.73. The zero-order chi connectivity index (χ0) is 21.4. The quantitative estimate of drug-likeness (QED) is 0.718. The summed E-state index contributed by atoms with van der Waals surface area (Å²) in [5.74, 6) is -1.41. The first-order valence-corrected chi connectivity index (χ1v) is 11.0. The maximum Gasteiger partial charge on any atom is 0.361 e. The third kappa shape index (κ3) is 4.81. The van der Waals surface area contributed by atoms with Crippen molar-refractivity contribution in [3.8, 4) is 5.69 Å². The van der Waals surface area contributed by atoms with Gasteiger partial charge in [-0.2, -0.15) is 9.90 Å². The van der Waals surface area contributed by atoms with Gasteiger partial charge in [-0.3, -0.25) is 4.79 Å². The van der Waals surface area contributed by atoms with Crippen molar-refractivity contribution in [1.29, 1.82) is 0 Å². The van der Waals surface area contributed by atoms with Gasteiger partial charge in [0.05, 0.1) is 28.4 Å². The number of sulfone groups is 1. The van der Waals surface area contributed by atoms with Crippen molar-refractivity contribution in [2.45, 2.75) is 39.7 Å². The molecular formula is C19H24N4O5S. The molecule has 0 radical (unpaired) electrons. The fourth-order valence-corrected chi connectivity index (χ4v) is 5.48. The predicted molar refractivity (Wildman–Crippen MR) is 106 cm³/mol. The second kappa shape index (κ2) is 7.58. The smallest absolute Gasteiger partial charge is 0.361 e. The van der Waals surface area contributed by atoms with Gasteiger partial charge in [0, 0.05) is 0 Å². The van der Waals surface area contributed by atoms with Gasteiger partial charge in [0.2, 0.25) is 0 Å². The van der Waals surface area contributed by atoms with E-state index in [1.54, 1.807) is 13.8 Å². The number of ether oxygens (including phenoxy) is 1. The number of benzene rings is 1. The number of esters is 1. The van der Waals surface area contributed by atoms with Crippen molar-refractivity contribution in [2.24, 2.45) is 0 Å². The summed E-state index contributed by atoms with van der Waals surface area (Å²) in [6.45, 7) is 6.68. The second-order valence-electron chi connectivity index (χ2n) is 7.74. The Bertz CT molecular complexity index is 1080. The lowest BCUT2D eigenvalue weighted by molar-refractivity contribution is -0.125. The topological polar surface area (TPSA) is 120 Å². The third-order valence-electron chi connectivity index (χ3n) is 4.82. The molecule has 0 saturated carbocycles. The van der Waals surface area contributed by atoms with Crippen LogP contribution in [-0.4, -0.2) is 58.9 Å². The SMILES string of the molecule is Cc1ccc(-n2nc(C)c(C(=O)OCC(=O)N[C@]3(C)CCS(=O)(=O)C3)n2)c(C)c1. The van der Waals surface area contributed by atoms with Crippen LogP contribution >= 0.6 is 0 Å². The lowest BCUT2D eigenvalue weighted by Gasteiger charge is -2.23. The summed E-state index contributed by atoms with van der Waals surface area (Å²) < 4.78 is 28.3. The van der Waals surface area contributed by atoms with Crippen LogP contribution in [0.15, 0.2) is 18.2 Å². The van der Waals surface area contributed by atoms with Crippen molar-refractivity contribution in [3.63, 3.8) is 0 Å². The first kappa shape index (κ1) is 21.0. The number of rotatable bonds is 5. The monoisotopic (exact) mass is 420 g/mol. The van der Waals surface area contributed by atoms with E-state index in [1.807, 2.05) is 32.0 Å². The number of nitrogens with one attached hydrogen (secondary N) is 1. The molecule has 1 aliphatic rings. The molecular weight excluding hydrogens is 396 g/mol. The van der Waals surface area contributed by atoms with Crippen LogP contribution in [0.25, 0.3) is 5.69 Å². The highest BCUT2D eigenvalue weighted by Gasteiger charge is 2.39. The van der Waals surface area contributed by atoms with E-state index >= 15 is 0 Å². The maximum atomic E-state index is 12.4. The standard InChI is InChI=1S/C19H24N4O5S/c1-12-5-6-15(13(2)9-12)23-21-14(3)17(22-23)18(25)28-10-16(24)20-19(4)7-8-29(26,27)11-19/h5-6,9H,7-8,10-11H2,1-4H3,(H,20,24)/t19-/m1/s1. The average Bonchev–Trinajstić information content (AvgIpc) is 3.11. The minimum atomic E-state index is -3.15. The first-order chi connectivity index (χ1) is 13.5. The van der Waals surface area contributed by atoms with Gasteiger partial charge in [-0.1, -0.05) is 17.7 Å². The van der Waals surface area contributed by atoms with E-state index in [-0.39, 0.29) is 17.2 Å². The van der Waals surface area contributed by atoms with Crippen molar-refractivity contribution >= 4 is 21.7 Å². The minimum absolute atomic E-state index is 0.0208. The van der Waals surface area contributed by atoms with Crippen LogP contribution in [0.4, 0.5) is 0 Å². The van der Waals surface area contributed by atoms with Crippen LogP contribution in [0.2, 0.25) is 0 Å². The van der Waals surface area contributed by atoms with Crippen LogP contribution in [0.1, 0.15) is 40.7 Å². The molecule has 29 heavy (non-hydrogen) atoms. The number of hydrogen-bond donors (Lipinski definition) is 1. The molecule has 10 heteroatoms. The molecule has 1 fully saturated rings. The van der Waals surface area contributed by atoms with Crippen molar-refractivity contribution in [1.82, 2.24) is 20.3 Å². The lowest BCUT2D eigenvalue weighted by Crippen LogP contribution is -2.48. The highest BCUT2D eigenvalue weighted by atomic mass is 32.2. The van der Waals surface area contributed by atoms with Crippen molar-refractivity contribution in [3.05, 3.63) is 40.7 Å². The van der Waals surface area contributed by atoms with Gasteiger partial charge >= 0.3 is 5.97 Å². The Balaban J connectivity index is 1.64. The maximum absolute atomic E-state index is 12.4. The molecule has 1 aliphatic heterocycles. The summed E-state index contributed by atoms with van der Waals surface area (Å²) in [6.07, 6.45) is 0.332. The zero-order valence-electron chi connectivity index (χ0n) is 16.9. The molecule has 1 saturated heterocycles. The Morgan fingerprint density at radius 3 is 2.59 bits per heavy atom. The summed E-state index contributed by atoms with van der Waals surface area (Å²) in [7, 11) is -3.15. The van der Waals surface area contributed by atoms with Crippen LogP contribution in [0.3, 0.4) is 0 Å². The van der Waals surface area contributed by atoms with Crippen LogP contribution in [-0.2, 0) is 19.4 Å². The average molecular weight is 420 g/mol. The summed E-state index contributed by atoms with van der Waals surface area (Å²) in [5.41, 5.74) is 2.36. The predicted octanol–water partition coefficient (Wildman–Crippen LogP) is 1.04. The molecule has 3 rings (SSSR count). The molecule has 1 atom stereocenters. The normalized spacial score (nSPS) is 20.4. The molecule has 1 aromatic heterocycles. The molecule has 0 spiro atoms. The molecule has 2 aromatic rings. The fourth-order valence-electron chi connectivity index (χ4n) is 3.39.